The monoisotopic (exact) mass is 263 g/mol. The lowest BCUT2D eigenvalue weighted by Crippen LogP contribution is -1.97. The highest BCUT2D eigenvalue weighted by atomic mass is 79.9. The van der Waals surface area contributed by atoms with Crippen LogP contribution in [0, 0.1) is 15.9 Å². The van der Waals surface area contributed by atoms with Crippen LogP contribution in [0.3, 0.4) is 0 Å². The molecule has 1 rings (SSSR count). The number of methoxy groups -OCH3 is 1. The van der Waals surface area contributed by atoms with Crippen molar-refractivity contribution >= 4 is 21.6 Å². The molecule has 0 aromatic heterocycles. The minimum atomic E-state index is -0.732. The second-order valence-electron chi connectivity index (χ2n) is 2.51. The van der Waals surface area contributed by atoms with Gasteiger partial charge in [0.2, 0.25) is 0 Å². The van der Waals surface area contributed by atoms with Gasteiger partial charge in [0.05, 0.1) is 18.1 Å². The van der Waals surface area contributed by atoms with Gasteiger partial charge in [0.1, 0.15) is 0 Å². The predicted molar refractivity (Wildman–Crippen MR) is 52.2 cm³/mol. The van der Waals surface area contributed by atoms with Gasteiger partial charge in [0, 0.05) is 10.9 Å². The number of hydrogen-bond acceptors (Lipinski definition) is 3. The van der Waals surface area contributed by atoms with E-state index in [-0.39, 0.29) is 16.8 Å². The molecule has 0 bridgehead atoms. The van der Waals surface area contributed by atoms with E-state index in [9.17, 15) is 14.5 Å². The lowest BCUT2D eigenvalue weighted by atomic mass is 10.2. The van der Waals surface area contributed by atoms with Gasteiger partial charge in [-0.2, -0.15) is 0 Å². The molecule has 0 unspecified atom stereocenters. The first-order valence-corrected chi connectivity index (χ1v) is 4.79. The first-order chi connectivity index (χ1) is 6.60. The third kappa shape index (κ3) is 2.01. The summed E-state index contributed by atoms with van der Waals surface area (Å²) in [6.45, 7) is 0. The molecule has 0 saturated heterocycles. The quantitative estimate of drug-likeness (QED) is 0.479. The number of alkyl halides is 1. The highest BCUT2D eigenvalue weighted by Gasteiger charge is 2.17. The van der Waals surface area contributed by atoms with Gasteiger partial charge in [0.25, 0.3) is 5.69 Å². The largest absolute Gasteiger partial charge is 0.494 e. The van der Waals surface area contributed by atoms with Crippen LogP contribution in [0.15, 0.2) is 12.1 Å². The lowest BCUT2D eigenvalue weighted by molar-refractivity contribution is -0.385. The Labute approximate surface area is 88.0 Å². The normalized spacial score (nSPS) is 9.93. The summed E-state index contributed by atoms with van der Waals surface area (Å²) in [5.41, 5.74) is 0.133. The summed E-state index contributed by atoms with van der Waals surface area (Å²) in [5, 5.41) is 10.8. The molecule has 0 N–H and O–H groups in total. The molecule has 0 amide bonds. The van der Waals surface area contributed by atoms with Crippen LogP contribution in [-0.4, -0.2) is 12.0 Å². The summed E-state index contributed by atoms with van der Waals surface area (Å²) in [7, 11) is 1.31. The first kappa shape index (κ1) is 10.9. The predicted octanol–water partition coefficient (Wildman–Crippen LogP) is 2.64. The number of rotatable bonds is 3. The van der Waals surface area contributed by atoms with Gasteiger partial charge in [-0.25, -0.2) is 4.39 Å². The van der Waals surface area contributed by atoms with Gasteiger partial charge >= 0.3 is 0 Å². The minimum absolute atomic E-state index is 0.00468. The Morgan fingerprint density at radius 2 is 2.29 bits per heavy atom. The Bertz CT molecular complexity index is 370. The zero-order valence-corrected chi connectivity index (χ0v) is 8.88. The second kappa shape index (κ2) is 4.36. The Morgan fingerprint density at radius 3 is 2.71 bits per heavy atom. The first-order valence-electron chi connectivity index (χ1n) is 3.67. The van der Waals surface area contributed by atoms with Crippen LogP contribution in [0.5, 0.6) is 5.75 Å². The highest BCUT2D eigenvalue weighted by Crippen LogP contribution is 2.28. The van der Waals surface area contributed by atoms with E-state index in [4.69, 9.17) is 4.74 Å². The van der Waals surface area contributed by atoms with Crippen LogP contribution in [0.2, 0.25) is 0 Å². The van der Waals surface area contributed by atoms with Crippen molar-refractivity contribution in [1.29, 1.82) is 0 Å². The summed E-state index contributed by atoms with van der Waals surface area (Å²) in [5.74, 6) is -0.728. The zero-order valence-electron chi connectivity index (χ0n) is 7.29. The molecular formula is C8H7BrFNO3. The molecule has 0 fully saturated rings. The summed E-state index contributed by atoms with van der Waals surface area (Å²) < 4.78 is 17.8. The van der Waals surface area contributed by atoms with Crippen molar-refractivity contribution in [2.24, 2.45) is 0 Å². The number of nitro benzene ring substituents is 1. The number of halogens is 2. The third-order valence-electron chi connectivity index (χ3n) is 1.69. The third-order valence-corrected chi connectivity index (χ3v) is 2.30. The molecule has 1 aromatic rings. The van der Waals surface area contributed by atoms with Crippen LogP contribution < -0.4 is 4.74 Å². The molecule has 0 aliphatic heterocycles. The van der Waals surface area contributed by atoms with E-state index < -0.39 is 10.7 Å². The summed E-state index contributed by atoms with van der Waals surface area (Å²) in [6, 6.07) is 2.16. The van der Waals surface area contributed by atoms with Crippen molar-refractivity contribution in [2.45, 2.75) is 5.33 Å². The van der Waals surface area contributed by atoms with E-state index in [1.807, 2.05) is 0 Å². The maximum absolute atomic E-state index is 13.1. The van der Waals surface area contributed by atoms with E-state index in [1.54, 1.807) is 0 Å². The maximum atomic E-state index is 13.1. The summed E-state index contributed by atoms with van der Waals surface area (Å²) in [6.07, 6.45) is 0. The Hall–Kier alpha value is -1.17. The fourth-order valence-corrected chi connectivity index (χ4v) is 1.47. The fourth-order valence-electron chi connectivity index (χ4n) is 1.02. The smallest absolute Gasteiger partial charge is 0.276 e. The molecule has 76 valence electrons. The van der Waals surface area contributed by atoms with E-state index in [0.717, 1.165) is 6.07 Å². The molecule has 0 atom stereocenters. The van der Waals surface area contributed by atoms with E-state index >= 15 is 0 Å². The van der Waals surface area contributed by atoms with Crippen LogP contribution in [0.1, 0.15) is 5.56 Å². The molecular weight excluding hydrogens is 257 g/mol. The van der Waals surface area contributed by atoms with Gasteiger partial charge in [-0.3, -0.25) is 10.1 Å². The molecule has 0 aliphatic carbocycles. The van der Waals surface area contributed by atoms with Crippen molar-refractivity contribution in [2.75, 3.05) is 7.11 Å². The number of ether oxygens (including phenoxy) is 1. The number of hydrogen-bond donors (Lipinski definition) is 0. The van der Waals surface area contributed by atoms with Crippen LogP contribution in [0.25, 0.3) is 0 Å². The van der Waals surface area contributed by atoms with E-state index in [0.29, 0.717) is 5.56 Å². The minimum Gasteiger partial charge on any atom is -0.494 e. The van der Waals surface area contributed by atoms with Crippen molar-refractivity contribution in [1.82, 2.24) is 0 Å². The fraction of sp³-hybridized carbons (Fsp3) is 0.250. The topological polar surface area (TPSA) is 52.4 Å². The average molecular weight is 264 g/mol. The molecule has 1 aromatic carbocycles. The van der Waals surface area contributed by atoms with Gasteiger partial charge in [-0.1, -0.05) is 15.9 Å². The zero-order chi connectivity index (χ0) is 10.7. The van der Waals surface area contributed by atoms with Crippen molar-refractivity contribution < 1.29 is 14.1 Å². The molecule has 0 radical (unpaired) electrons. The molecule has 4 nitrogen and oxygen atoms in total. The highest BCUT2D eigenvalue weighted by molar-refractivity contribution is 9.08. The van der Waals surface area contributed by atoms with Crippen LogP contribution in [0.4, 0.5) is 10.1 Å². The van der Waals surface area contributed by atoms with Gasteiger partial charge in [-0.15, -0.1) is 0 Å². The molecule has 14 heavy (non-hydrogen) atoms. The van der Waals surface area contributed by atoms with E-state index in [2.05, 4.69) is 15.9 Å². The van der Waals surface area contributed by atoms with E-state index in [1.165, 1.54) is 13.2 Å². The van der Waals surface area contributed by atoms with Crippen molar-refractivity contribution in [3.8, 4) is 5.75 Å². The standard InChI is InChI=1S/C8H7BrFNO3/c1-14-8-2-5(4-9)7(11(12)13)3-6(8)10/h2-3H,4H2,1H3. The number of nitro groups is 1. The van der Waals surface area contributed by atoms with Gasteiger partial charge in [-0.05, 0) is 6.07 Å². The molecule has 0 heterocycles. The van der Waals surface area contributed by atoms with Crippen molar-refractivity contribution in [3.63, 3.8) is 0 Å². The Morgan fingerprint density at radius 1 is 1.64 bits per heavy atom. The summed E-state index contributed by atoms with van der Waals surface area (Å²) in [4.78, 5) is 9.88. The number of benzene rings is 1. The number of nitrogens with zero attached hydrogens (tertiary/aromatic N) is 1. The molecule has 0 saturated carbocycles. The van der Waals surface area contributed by atoms with Crippen molar-refractivity contribution in [3.05, 3.63) is 33.6 Å². The second-order valence-corrected chi connectivity index (χ2v) is 3.07. The Balaban J connectivity index is 3.31. The lowest BCUT2D eigenvalue weighted by Gasteiger charge is -2.04. The van der Waals surface area contributed by atoms with Crippen LogP contribution >= 0.6 is 15.9 Å². The summed E-state index contributed by atoms with van der Waals surface area (Å²) >= 11 is 3.08. The maximum Gasteiger partial charge on any atom is 0.276 e. The average Bonchev–Trinajstić information content (AvgIpc) is 2.17. The molecule has 6 heteroatoms. The van der Waals surface area contributed by atoms with Crippen LogP contribution in [-0.2, 0) is 5.33 Å². The van der Waals surface area contributed by atoms with Gasteiger partial charge in [0.15, 0.2) is 11.6 Å². The van der Waals surface area contributed by atoms with Gasteiger partial charge < -0.3 is 4.74 Å². The Kier molecular flexibility index (Phi) is 3.40. The molecule has 0 spiro atoms. The SMILES string of the molecule is COc1cc(CBr)c([N+](=O)[O-])cc1F. The molecule has 0 aliphatic rings.